The van der Waals surface area contributed by atoms with Crippen LogP contribution >= 0.6 is 27.3 Å². The number of rotatable bonds is 19. The van der Waals surface area contributed by atoms with E-state index in [0.29, 0.717) is 54.6 Å². The highest BCUT2D eigenvalue weighted by molar-refractivity contribution is 9.10. The number of carbonyl (C=O) groups is 1. The summed E-state index contributed by atoms with van der Waals surface area (Å²) in [5.41, 5.74) is 2.56. The molecule has 3 aromatic carbocycles. The minimum Gasteiger partial charge on any atom is -0.543 e. The van der Waals surface area contributed by atoms with Crippen molar-refractivity contribution in [2.24, 2.45) is 0 Å². The standard InChI is InChI=1S/C48H54BrFN4O11SSi/c1-48(2,3)67(8,9)65-33-17-18-34(29(22-33)23-35(46(55)56)63-44-37-38(49)42(66-45(37)53-26-52-44)27-13-15-30(50)16-14-27)62-24-31-19-20-51-43(54-31)28-11-10-12-32(21-28)61-25-36-39(57-4)40(58-5)41(59-6)47(60-7)64-36/h10-22,26,35-36,39-41,47H,23-25H2,1-9H3,(H,55,56)/t35?,36-,39-,40+,41+,47+/m1/s1. The topological polar surface area (TPSA) is 172 Å². The van der Waals surface area contributed by atoms with E-state index < -0.39 is 51.1 Å². The fraction of sp³-hybridized carbons (Fsp3) is 0.396. The Morgan fingerprint density at radius 1 is 0.881 bits per heavy atom. The van der Waals surface area contributed by atoms with Crippen molar-refractivity contribution < 1.29 is 56.6 Å². The van der Waals surface area contributed by atoms with Gasteiger partial charge in [-0.15, -0.1) is 11.3 Å². The van der Waals surface area contributed by atoms with Crippen molar-refractivity contribution in [1.82, 2.24) is 19.9 Å². The van der Waals surface area contributed by atoms with Gasteiger partial charge in [0, 0.05) is 52.2 Å². The fourth-order valence-electron chi connectivity index (χ4n) is 7.31. The van der Waals surface area contributed by atoms with Gasteiger partial charge in [0.2, 0.25) is 20.3 Å². The maximum Gasteiger partial charge on any atom is 0.345 e. The van der Waals surface area contributed by atoms with Gasteiger partial charge in [-0.3, -0.25) is 0 Å². The number of ether oxygens (including phenoxy) is 8. The predicted octanol–water partition coefficient (Wildman–Crippen LogP) is 9.55. The zero-order chi connectivity index (χ0) is 48.0. The number of fused-ring (bicyclic) bond motifs is 1. The molecule has 0 bridgehead atoms. The Kier molecular flexibility index (Phi) is 15.9. The van der Waals surface area contributed by atoms with Crippen molar-refractivity contribution >= 4 is 51.8 Å². The molecular weight excluding hydrogens is 968 g/mol. The van der Waals surface area contributed by atoms with Gasteiger partial charge in [-0.2, -0.15) is 0 Å². The molecule has 0 aliphatic carbocycles. The zero-order valence-corrected chi connectivity index (χ0v) is 42.1. The first-order valence-electron chi connectivity index (χ1n) is 21.4. The second-order valence-corrected chi connectivity index (χ2v) is 23.8. The molecule has 0 saturated carbocycles. The van der Waals surface area contributed by atoms with Crippen molar-refractivity contribution in [1.29, 1.82) is 0 Å². The summed E-state index contributed by atoms with van der Waals surface area (Å²) in [6.45, 7) is 10.9. The quantitative estimate of drug-likeness (QED) is 0.0760. The monoisotopic (exact) mass is 1020 g/mol. The molecule has 6 atom stereocenters. The highest BCUT2D eigenvalue weighted by Gasteiger charge is 2.47. The normalized spacial score (nSPS) is 19.2. The van der Waals surface area contributed by atoms with Crippen LogP contribution in [-0.2, 0) is 41.5 Å². The number of aliphatic carboxylic acids is 1. The van der Waals surface area contributed by atoms with Gasteiger partial charge in [0.1, 0.15) is 71.9 Å². The molecule has 4 heterocycles. The summed E-state index contributed by atoms with van der Waals surface area (Å²) in [5.74, 6) is 0.496. The molecule has 1 aliphatic heterocycles. The van der Waals surface area contributed by atoms with Gasteiger partial charge < -0.3 is 47.4 Å². The van der Waals surface area contributed by atoms with E-state index in [0.717, 1.165) is 10.4 Å². The van der Waals surface area contributed by atoms with Crippen LogP contribution in [0.4, 0.5) is 4.39 Å². The molecule has 15 nitrogen and oxygen atoms in total. The lowest BCUT2D eigenvalue weighted by molar-refractivity contribution is -0.305. The van der Waals surface area contributed by atoms with Crippen molar-refractivity contribution in [2.45, 2.75) is 88.7 Å². The van der Waals surface area contributed by atoms with E-state index in [9.17, 15) is 14.3 Å². The van der Waals surface area contributed by atoms with Gasteiger partial charge in [0.05, 0.1) is 20.4 Å². The molecule has 1 saturated heterocycles. The third-order valence-corrected chi connectivity index (χ3v) is 18.4. The Labute approximate surface area is 402 Å². The summed E-state index contributed by atoms with van der Waals surface area (Å²) >= 11 is 5.01. The molecule has 6 aromatic rings. The largest absolute Gasteiger partial charge is 0.543 e. The Hall–Kier alpha value is -5.12. The number of carboxylic acids is 1. The van der Waals surface area contributed by atoms with Gasteiger partial charge in [0.15, 0.2) is 12.1 Å². The van der Waals surface area contributed by atoms with Crippen LogP contribution in [0.2, 0.25) is 18.1 Å². The van der Waals surface area contributed by atoms with Gasteiger partial charge in [0.25, 0.3) is 0 Å². The van der Waals surface area contributed by atoms with E-state index >= 15 is 0 Å². The van der Waals surface area contributed by atoms with E-state index in [-0.39, 0.29) is 36.4 Å². The number of nitrogens with zero attached hydrogens (tertiary/aromatic N) is 4. The molecule has 67 heavy (non-hydrogen) atoms. The minimum absolute atomic E-state index is 0.0293. The van der Waals surface area contributed by atoms with Crippen LogP contribution in [-0.4, -0.2) is 111 Å². The van der Waals surface area contributed by atoms with Gasteiger partial charge in [-0.1, -0.05) is 45.0 Å². The van der Waals surface area contributed by atoms with Crippen LogP contribution in [0.3, 0.4) is 0 Å². The fourth-order valence-corrected chi connectivity index (χ4v) is 10.3. The molecule has 356 valence electrons. The zero-order valence-electron chi connectivity index (χ0n) is 38.7. The third kappa shape index (κ3) is 11.4. The Morgan fingerprint density at radius 3 is 2.31 bits per heavy atom. The average Bonchev–Trinajstić information content (AvgIpc) is 3.65. The highest BCUT2D eigenvalue weighted by atomic mass is 79.9. The molecule has 7 rings (SSSR count). The Balaban J connectivity index is 1.11. The summed E-state index contributed by atoms with van der Waals surface area (Å²) in [6, 6.07) is 20.6. The number of hydrogen-bond acceptors (Lipinski definition) is 15. The van der Waals surface area contributed by atoms with Crippen molar-refractivity contribution in [3.63, 3.8) is 0 Å². The summed E-state index contributed by atoms with van der Waals surface area (Å²) < 4.78 is 68.7. The van der Waals surface area contributed by atoms with Gasteiger partial charge in [-0.25, -0.2) is 29.1 Å². The first-order chi connectivity index (χ1) is 32.0. The van der Waals surface area contributed by atoms with E-state index in [4.69, 9.17) is 47.3 Å². The van der Waals surface area contributed by atoms with E-state index in [2.05, 4.69) is 64.7 Å². The van der Waals surface area contributed by atoms with Crippen molar-refractivity contribution in [3.05, 3.63) is 107 Å². The summed E-state index contributed by atoms with van der Waals surface area (Å²) in [4.78, 5) is 32.5. The Bertz CT molecular complexity index is 2650. The van der Waals surface area contributed by atoms with Crippen LogP contribution in [0.25, 0.3) is 32.0 Å². The van der Waals surface area contributed by atoms with Gasteiger partial charge >= 0.3 is 5.97 Å². The van der Waals surface area contributed by atoms with Gasteiger partial charge in [-0.05, 0) is 88.2 Å². The molecule has 1 unspecified atom stereocenters. The Morgan fingerprint density at radius 2 is 1.63 bits per heavy atom. The van der Waals surface area contributed by atoms with E-state index in [1.165, 1.54) is 29.8 Å². The molecule has 0 spiro atoms. The number of methoxy groups -OCH3 is 4. The first kappa shape index (κ1) is 49.8. The second-order valence-electron chi connectivity index (χ2n) is 17.3. The van der Waals surface area contributed by atoms with Crippen LogP contribution in [0.1, 0.15) is 32.0 Å². The highest BCUT2D eigenvalue weighted by Crippen LogP contribution is 2.45. The molecule has 19 heteroatoms. The third-order valence-electron chi connectivity index (χ3n) is 11.9. The number of carboxylic acid groups (broad SMARTS) is 1. The summed E-state index contributed by atoms with van der Waals surface area (Å²) in [7, 11) is 3.98. The summed E-state index contributed by atoms with van der Waals surface area (Å²) in [5, 5.41) is 11.0. The minimum atomic E-state index is -2.30. The number of aromatic nitrogens is 4. The van der Waals surface area contributed by atoms with Crippen LogP contribution in [0.15, 0.2) is 89.8 Å². The van der Waals surface area contributed by atoms with Crippen molar-refractivity contribution in [3.8, 4) is 45.0 Å². The molecule has 0 amide bonds. The van der Waals surface area contributed by atoms with Crippen molar-refractivity contribution in [2.75, 3.05) is 35.0 Å². The number of halogens is 2. The maximum atomic E-state index is 13.8. The average molecular weight is 1020 g/mol. The first-order valence-corrected chi connectivity index (χ1v) is 25.9. The molecule has 3 aromatic heterocycles. The lowest BCUT2D eigenvalue weighted by Crippen LogP contribution is -2.61. The van der Waals surface area contributed by atoms with Crippen LogP contribution in [0.5, 0.6) is 23.1 Å². The molecule has 1 aliphatic rings. The van der Waals surface area contributed by atoms with Crippen LogP contribution in [0, 0.1) is 5.82 Å². The SMILES string of the molecule is CO[C@H]1O[C@H](COc2cccc(-c3nccc(COc4ccc(O[Si](C)(C)C(C)(C)C)cc4CC(Oc4ncnc5sc(-c6ccc(F)cc6)c(Br)c45)C(=O)O)n3)c2)[C@@H](OC)[C@H](OC)[C@@H]1OC. The van der Waals surface area contributed by atoms with E-state index in [1.54, 1.807) is 58.9 Å². The van der Waals surface area contributed by atoms with E-state index in [1.807, 2.05) is 36.4 Å². The lowest BCUT2D eigenvalue weighted by atomic mass is 9.98. The number of hydrogen-bond donors (Lipinski definition) is 1. The smallest absolute Gasteiger partial charge is 0.345 e. The number of thiophene rings is 1. The van der Waals surface area contributed by atoms with Crippen LogP contribution < -0.4 is 18.6 Å². The number of benzene rings is 3. The lowest BCUT2D eigenvalue weighted by Gasteiger charge is -2.44. The second kappa shape index (κ2) is 21.4. The summed E-state index contributed by atoms with van der Waals surface area (Å²) in [6.07, 6.45) is -1.22. The predicted molar refractivity (Wildman–Crippen MR) is 256 cm³/mol. The maximum absolute atomic E-state index is 13.8. The molecule has 1 fully saturated rings. The molecule has 0 radical (unpaired) electrons. The molecule has 1 N–H and O–H groups in total. The molecular formula is C48H54BrFN4O11SSi.